The van der Waals surface area contributed by atoms with E-state index in [0.29, 0.717) is 30.6 Å². The summed E-state index contributed by atoms with van der Waals surface area (Å²) in [7, 11) is 3.45. The van der Waals surface area contributed by atoms with Gasteiger partial charge in [0.15, 0.2) is 17.3 Å². The Bertz CT molecular complexity index is 554. The summed E-state index contributed by atoms with van der Waals surface area (Å²) >= 11 is 0. The van der Waals surface area contributed by atoms with Gasteiger partial charge in [-0.15, -0.1) is 0 Å². The van der Waals surface area contributed by atoms with Crippen LogP contribution in [0.1, 0.15) is 17.3 Å². The predicted molar refractivity (Wildman–Crippen MR) is 68.9 cm³/mol. The van der Waals surface area contributed by atoms with Crippen molar-refractivity contribution < 1.29 is 14.4 Å². The van der Waals surface area contributed by atoms with Crippen LogP contribution < -0.4 is 4.74 Å². The quantitative estimate of drug-likeness (QED) is 0.885. The van der Waals surface area contributed by atoms with Crippen molar-refractivity contribution in [3.8, 4) is 11.5 Å². The van der Waals surface area contributed by atoms with Gasteiger partial charge in [0, 0.05) is 12.1 Å². The molecule has 0 unspecified atom stereocenters. The van der Waals surface area contributed by atoms with Crippen molar-refractivity contribution in [2.75, 3.05) is 14.2 Å². The first-order valence-corrected chi connectivity index (χ1v) is 5.92. The van der Waals surface area contributed by atoms with E-state index in [1.807, 2.05) is 24.1 Å². The zero-order valence-corrected chi connectivity index (χ0v) is 11.3. The number of hydrogen-bond donors (Lipinski definition) is 1. The molecule has 1 aromatic heterocycles. The van der Waals surface area contributed by atoms with Crippen LogP contribution in [0.3, 0.4) is 0 Å². The lowest BCUT2D eigenvalue weighted by Crippen LogP contribution is -2.17. The molecular weight excluding hydrogens is 246 g/mol. The molecule has 0 bridgehead atoms. The summed E-state index contributed by atoms with van der Waals surface area (Å²) in [5.74, 6) is 1.81. The minimum Gasteiger partial charge on any atom is -0.504 e. The molecule has 6 heteroatoms. The highest BCUT2D eigenvalue weighted by atomic mass is 16.5. The van der Waals surface area contributed by atoms with Gasteiger partial charge in [0.25, 0.3) is 0 Å². The standard InChI is InChI=1S/C13H17N3O3/c1-9-14-12(19-15-9)8-16(2)7-10-5-4-6-11(18-3)13(10)17/h4-6,17H,7-8H2,1-3H3. The summed E-state index contributed by atoms with van der Waals surface area (Å²) in [4.78, 5) is 6.12. The van der Waals surface area contributed by atoms with Gasteiger partial charge in [-0.1, -0.05) is 17.3 Å². The van der Waals surface area contributed by atoms with Crippen molar-refractivity contribution >= 4 is 0 Å². The highest BCUT2D eigenvalue weighted by Crippen LogP contribution is 2.30. The van der Waals surface area contributed by atoms with Gasteiger partial charge in [-0.05, 0) is 20.0 Å². The maximum atomic E-state index is 10.0. The summed E-state index contributed by atoms with van der Waals surface area (Å²) in [6.07, 6.45) is 0. The van der Waals surface area contributed by atoms with Crippen LogP contribution in [0.4, 0.5) is 0 Å². The largest absolute Gasteiger partial charge is 0.504 e. The molecule has 0 aliphatic heterocycles. The third kappa shape index (κ3) is 3.23. The van der Waals surface area contributed by atoms with Gasteiger partial charge >= 0.3 is 0 Å². The van der Waals surface area contributed by atoms with E-state index in [2.05, 4.69) is 10.1 Å². The van der Waals surface area contributed by atoms with Crippen LogP contribution in [-0.2, 0) is 13.1 Å². The van der Waals surface area contributed by atoms with E-state index < -0.39 is 0 Å². The number of para-hydroxylation sites is 1. The normalized spacial score (nSPS) is 10.9. The molecule has 102 valence electrons. The van der Waals surface area contributed by atoms with Crippen LogP contribution in [0, 0.1) is 6.92 Å². The molecule has 0 saturated carbocycles. The molecule has 2 aromatic rings. The second-order valence-electron chi connectivity index (χ2n) is 4.38. The van der Waals surface area contributed by atoms with Crippen LogP contribution >= 0.6 is 0 Å². The third-order valence-corrected chi connectivity index (χ3v) is 2.72. The lowest BCUT2D eigenvalue weighted by Gasteiger charge is -2.16. The fraction of sp³-hybridized carbons (Fsp3) is 0.385. The third-order valence-electron chi connectivity index (χ3n) is 2.72. The summed E-state index contributed by atoms with van der Waals surface area (Å²) in [6.45, 7) is 2.86. The number of aryl methyl sites for hydroxylation is 1. The zero-order valence-electron chi connectivity index (χ0n) is 11.3. The number of phenolic OH excluding ortho intramolecular Hbond substituents is 1. The van der Waals surface area contributed by atoms with Crippen molar-refractivity contribution in [1.29, 1.82) is 0 Å². The Balaban J connectivity index is 2.04. The van der Waals surface area contributed by atoms with E-state index in [-0.39, 0.29) is 5.75 Å². The Labute approximate surface area is 111 Å². The van der Waals surface area contributed by atoms with Gasteiger partial charge in [-0.2, -0.15) is 4.98 Å². The molecule has 0 amide bonds. The summed E-state index contributed by atoms with van der Waals surface area (Å²) in [5.41, 5.74) is 0.790. The van der Waals surface area contributed by atoms with Crippen molar-refractivity contribution in [3.05, 3.63) is 35.5 Å². The van der Waals surface area contributed by atoms with Gasteiger partial charge in [-0.25, -0.2) is 0 Å². The number of benzene rings is 1. The molecule has 1 N–H and O–H groups in total. The van der Waals surface area contributed by atoms with Crippen LogP contribution in [0.5, 0.6) is 11.5 Å². The second kappa shape index (κ2) is 5.71. The maximum Gasteiger partial charge on any atom is 0.240 e. The van der Waals surface area contributed by atoms with Gasteiger partial charge in [0.05, 0.1) is 13.7 Å². The molecule has 0 fully saturated rings. The number of nitrogens with zero attached hydrogens (tertiary/aromatic N) is 3. The van der Waals surface area contributed by atoms with E-state index in [4.69, 9.17) is 9.26 Å². The number of phenols is 1. The molecule has 6 nitrogen and oxygen atoms in total. The van der Waals surface area contributed by atoms with Gasteiger partial charge in [0.1, 0.15) is 0 Å². The molecule has 0 radical (unpaired) electrons. The second-order valence-corrected chi connectivity index (χ2v) is 4.38. The van der Waals surface area contributed by atoms with E-state index in [9.17, 15) is 5.11 Å². The van der Waals surface area contributed by atoms with Crippen LogP contribution in [0.2, 0.25) is 0 Å². The smallest absolute Gasteiger partial charge is 0.240 e. The number of aromatic hydroxyl groups is 1. The minimum atomic E-state index is 0.165. The van der Waals surface area contributed by atoms with Crippen LogP contribution in [-0.4, -0.2) is 34.3 Å². The Kier molecular flexibility index (Phi) is 4.01. The fourth-order valence-corrected chi connectivity index (χ4v) is 1.84. The first-order chi connectivity index (χ1) is 9.10. The fourth-order valence-electron chi connectivity index (χ4n) is 1.84. The summed E-state index contributed by atoms with van der Waals surface area (Å²) in [6, 6.07) is 5.42. The molecule has 0 spiro atoms. The lowest BCUT2D eigenvalue weighted by atomic mass is 10.1. The van der Waals surface area contributed by atoms with Crippen molar-refractivity contribution in [2.45, 2.75) is 20.0 Å². The molecule has 0 atom stereocenters. The van der Waals surface area contributed by atoms with Crippen LogP contribution in [0.15, 0.2) is 22.7 Å². The Morgan fingerprint density at radius 3 is 2.79 bits per heavy atom. The van der Waals surface area contributed by atoms with E-state index in [1.54, 1.807) is 13.0 Å². The summed E-state index contributed by atoms with van der Waals surface area (Å²) in [5, 5.41) is 13.7. The topological polar surface area (TPSA) is 71.6 Å². The highest BCUT2D eigenvalue weighted by molar-refractivity contribution is 5.45. The molecule has 1 heterocycles. The number of methoxy groups -OCH3 is 1. The SMILES string of the molecule is COc1cccc(CN(C)Cc2nc(C)no2)c1O. The molecular formula is C13H17N3O3. The molecule has 1 aromatic carbocycles. The van der Waals surface area contributed by atoms with Crippen molar-refractivity contribution in [1.82, 2.24) is 15.0 Å². The maximum absolute atomic E-state index is 10.0. The highest BCUT2D eigenvalue weighted by Gasteiger charge is 2.12. The number of aromatic nitrogens is 2. The first kappa shape index (κ1) is 13.4. The molecule has 2 rings (SSSR count). The first-order valence-electron chi connectivity index (χ1n) is 5.92. The molecule has 19 heavy (non-hydrogen) atoms. The predicted octanol–water partition coefficient (Wildman–Crippen LogP) is 1.72. The van der Waals surface area contributed by atoms with Gasteiger partial charge in [0.2, 0.25) is 5.89 Å². The Morgan fingerprint density at radius 1 is 1.37 bits per heavy atom. The van der Waals surface area contributed by atoms with Crippen molar-refractivity contribution in [2.24, 2.45) is 0 Å². The van der Waals surface area contributed by atoms with E-state index in [1.165, 1.54) is 7.11 Å². The molecule has 0 aliphatic rings. The van der Waals surface area contributed by atoms with Crippen molar-refractivity contribution in [3.63, 3.8) is 0 Å². The monoisotopic (exact) mass is 263 g/mol. The summed E-state index contributed by atoms with van der Waals surface area (Å²) < 4.78 is 10.1. The Hall–Kier alpha value is -2.08. The lowest BCUT2D eigenvalue weighted by molar-refractivity contribution is 0.256. The number of ether oxygens (including phenoxy) is 1. The van der Waals surface area contributed by atoms with E-state index in [0.717, 1.165) is 5.56 Å². The van der Waals surface area contributed by atoms with Gasteiger partial charge in [-0.3, -0.25) is 4.90 Å². The van der Waals surface area contributed by atoms with Gasteiger partial charge < -0.3 is 14.4 Å². The number of rotatable bonds is 5. The Morgan fingerprint density at radius 2 is 2.16 bits per heavy atom. The molecule has 0 aliphatic carbocycles. The minimum absolute atomic E-state index is 0.165. The average molecular weight is 263 g/mol. The van der Waals surface area contributed by atoms with Crippen LogP contribution in [0.25, 0.3) is 0 Å². The molecule has 0 saturated heterocycles. The average Bonchev–Trinajstić information content (AvgIpc) is 2.77. The van der Waals surface area contributed by atoms with E-state index >= 15 is 0 Å². The zero-order chi connectivity index (χ0) is 13.8. The number of hydrogen-bond acceptors (Lipinski definition) is 6.